The van der Waals surface area contributed by atoms with Crippen LogP contribution in [-0.2, 0) is 16.7 Å². The minimum absolute atomic E-state index is 0.0828. The summed E-state index contributed by atoms with van der Waals surface area (Å²) in [5, 5.41) is 0. The Morgan fingerprint density at radius 1 is 0.964 bits per heavy atom. The van der Waals surface area contributed by atoms with Crippen LogP contribution < -0.4 is 5.76 Å². The standard InChI is InChI=1S/C19H20FN3O4S/c20-15-6-8-16(9-7-15)28(25,26)22-11-3-10-21(12-13-22)14-23-17-4-1-2-5-18(17)27-19(23)24/h1-2,4-9H,3,10-14H2. The number of nitrogens with zero attached hydrogens (tertiary/aromatic N) is 3. The first-order valence-electron chi connectivity index (χ1n) is 9.01. The van der Waals surface area contributed by atoms with Gasteiger partial charge in [0.1, 0.15) is 5.82 Å². The van der Waals surface area contributed by atoms with Crippen LogP contribution in [0.15, 0.2) is 62.6 Å². The van der Waals surface area contributed by atoms with Gasteiger partial charge >= 0.3 is 5.76 Å². The smallest absolute Gasteiger partial charge is 0.408 e. The van der Waals surface area contributed by atoms with Gasteiger partial charge in [0.25, 0.3) is 0 Å². The highest BCUT2D eigenvalue weighted by Crippen LogP contribution is 2.19. The van der Waals surface area contributed by atoms with Gasteiger partial charge in [0, 0.05) is 26.2 Å². The average Bonchev–Trinajstić information content (AvgIpc) is 2.84. The molecule has 28 heavy (non-hydrogen) atoms. The predicted octanol–water partition coefficient (Wildman–Crippen LogP) is 2.09. The third-order valence-electron chi connectivity index (χ3n) is 4.91. The second-order valence-corrected chi connectivity index (χ2v) is 8.67. The number of halogens is 1. The van der Waals surface area contributed by atoms with E-state index in [2.05, 4.69) is 0 Å². The zero-order valence-corrected chi connectivity index (χ0v) is 15.9. The first kappa shape index (κ1) is 18.9. The highest BCUT2D eigenvalue weighted by Gasteiger charge is 2.27. The van der Waals surface area contributed by atoms with Gasteiger partial charge in [-0.25, -0.2) is 17.6 Å². The number of sulfonamides is 1. The lowest BCUT2D eigenvalue weighted by molar-refractivity contribution is 0.224. The van der Waals surface area contributed by atoms with Crippen molar-refractivity contribution in [2.24, 2.45) is 0 Å². The van der Waals surface area contributed by atoms with Crippen LogP contribution in [0.25, 0.3) is 11.1 Å². The molecule has 2 aromatic carbocycles. The van der Waals surface area contributed by atoms with Gasteiger partial charge in [0.05, 0.1) is 17.1 Å². The van der Waals surface area contributed by atoms with E-state index in [1.54, 1.807) is 16.7 Å². The molecule has 1 fully saturated rings. The van der Waals surface area contributed by atoms with Crippen molar-refractivity contribution >= 4 is 21.1 Å². The zero-order valence-electron chi connectivity index (χ0n) is 15.1. The minimum Gasteiger partial charge on any atom is -0.408 e. The molecule has 0 amide bonds. The number of oxazole rings is 1. The van der Waals surface area contributed by atoms with E-state index in [-0.39, 0.29) is 4.90 Å². The van der Waals surface area contributed by atoms with E-state index < -0.39 is 21.6 Å². The number of rotatable bonds is 4. The molecular formula is C19H20FN3O4S. The fourth-order valence-electron chi connectivity index (χ4n) is 3.43. The average molecular weight is 405 g/mol. The fraction of sp³-hybridized carbons (Fsp3) is 0.316. The molecular weight excluding hydrogens is 385 g/mol. The van der Waals surface area contributed by atoms with Gasteiger partial charge in [-0.15, -0.1) is 0 Å². The molecule has 0 saturated carbocycles. The van der Waals surface area contributed by atoms with Crippen molar-refractivity contribution in [3.8, 4) is 0 Å². The van der Waals surface area contributed by atoms with Crippen LogP contribution in [0, 0.1) is 5.82 Å². The lowest BCUT2D eigenvalue weighted by atomic mass is 10.3. The monoisotopic (exact) mass is 405 g/mol. The summed E-state index contributed by atoms with van der Waals surface area (Å²) in [6, 6.07) is 12.1. The van der Waals surface area contributed by atoms with E-state index in [1.807, 2.05) is 17.0 Å². The molecule has 148 valence electrons. The number of hydrogen-bond acceptors (Lipinski definition) is 5. The SMILES string of the molecule is O=c1oc2ccccc2n1CN1CCCN(S(=O)(=O)c2ccc(F)cc2)CC1. The van der Waals surface area contributed by atoms with E-state index in [9.17, 15) is 17.6 Å². The van der Waals surface area contributed by atoms with E-state index in [0.29, 0.717) is 50.4 Å². The second-order valence-electron chi connectivity index (χ2n) is 6.73. The van der Waals surface area contributed by atoms with Gasteiger partial charge in [-0.1, -0.05) is 12.1 Å². The summed E-state index contributed by atoms with van der Waals surface area (Å²) in [7, 11) is -3.68. The number of aromatic nitrogens is 1. The van der Waals surface area contributed by atoms with Gasteiger partial charge in [-0.2, -0.15) is 4.31 Å². The first-order valence-corrected chi connectivity index (χ1v) is 10.5. The van der Waals surface area contributed by atoms with Crippen molar-refractivity contribution in [1.29, 1.82) is 0 Å². The molecule has 1 aliphatic rings. The summed E-state index contributed by atoms with van der Waals surface area (Å²) in [5.41, 5.74) is 1.25. The Labute approximate surface area is 161 Å². The Kier molecular flexibility index (Phi) is 5.05. The van der Waals surface area contributed by atoms with Crippen molar-refractivity contribution in [3.05, 3.63) is 64.9 Å². The van der Waals surface area contributed by atoms with Gasteiger partial charge in [-0.3, -0.25) is 9.47 Å². The van der Waals surface area contributed by atoms with Crippen LogP contribution in [0.4, 0.5) is 4.39 Å². The highest BCUT2D eigenvalue weighted by atomic mass is 32.2. The summed E-state index contributed by atoms with van der Waals surface area (Å²) in [5.74, 6) is -0.903. The zero-order chi connectivity index (χ0) is 19.7. The second kappa shape index (κ2) is 7.50. The number of fused-ring (bicyclic) bond motifs is 1. The molecule has 0 atom stereocenters. The summed E-state index contributed by atoms with van der Waals surface area (Å²) in [6.07, 6.45) is 0.630. The van der Waals surface area contributed by atoms with Crippen molar-refractivity contribution in [2.45, 2.75) is 18.0 Å². The van der Waals surface area contributed by atoms with Crippen molar-refractivity contribution < 1.29 is 17.2 Å². The normalized spacial score (nSPS) is 17.0. The Morgan fingerprint density at radius 2 is 1.71 bits per heavy atom. The Bertz CT molecular complexity index is 1140. The molecule has 0 aliphatic carbocycles. The first-order chi connectivity index (χ1) is 13.4. The number of benzene rings is 2. The fourth-order valence-corrected chi connectivity index (χ4v) is 4.90. The molecule has 1 saturated heterocycles. The molecule has 0 N–H and O–H groups in total. The van der Waals surface area contributed by atoms with Crippen molar-refractivity contribution in [1.82, 2.24) is 13.8 Å². The van der Waals surface area contributed by atoms with Crippen molar-refractivity contribution in [3.63, 3.8) is 0 Å². The van der Waals surface area contributed by atoms with Crippen molar-refractivity contribution in [2.75, 3.05) is 26.2 Å². The van der Waals surface area contributed by atoms with Gasteiger partial charge in [0.15, 0.2) is 5.58 Å². The summed E-state index contributed by atoms with van der Waals surface area (Å²) in [4.78, 5) is 14.3. The van der Waals surface area contributed by atoms with Gasteiger partial charge < -0.3 is 4.42 Å². The van der Waals surface area contributed by atoms with Gasteiger partial charge in [-0.05, 0) is 42.8 Å². The molecule has 4 rings (SSSR count). The lowest BCUT2D eigenvalue weighted by Gasteiger charge is -2.21. The van der Waals surface area contributed by atoms with E-state index in [0.717, 1.165) is 12.1 Å². The van der Waals surface area contributed by atoms with Crippen LogP contribution in [0.3, 0.4) is 0 Å². The number of hydrogen-bond donors (Lipinski definition) is 0. The maximum Gasteiger partial charge on any atom is 0.421 e. The molecule has 0 unspecified atom stereocenters. The van der Waals surface area contributed by atoms with Crippen LogP contribution in [0.2, 0.25) is 0 Å². The topological polar surface area (TPSA) is 75.8 Å². The molecule has 7 nitrogen and oxygen atoms in total. The van der Waals surface area contributed by atoms with E-state index in [1.165, 1.54) is 16.4 Å². The van der Waals surface area contributed by atoms with Crippen LogP contribution >= 0.6 is 0 Å². The highest BCUT2D eigenvalue weighted by molar-refractivity contribution is 7.89. The summed E-state index contributed by atoms with van der Waals surface area (Å²) >= 11 is 0. The molecule has 9 heteroatoms. The quantitative estimate of drug-likeness (QED) is 0.664. The molecule has 0 bridgehead atoms. The third kappa shape index (κ3) is 3.60. The predicted molar refractivity (Wildman–Crippen MR) is 102 cm³/mol. The molecule has 1 aromatic heterocycles. The Hall–Kier alpha value is -2.49. The summed E-state index contributed by atoms with van der Waals surface area (Å²) < 4.78 is 47.0. The third-order valence-corrected chi connectivity index (χ3v) is 6.83. The Morgan fingerprint density at radius 3 is 2.50 bits per heavy atom. The van der Waals surface area contributed by atoms with Gasteiger partial charge in [0.2, 0.25) is 10.0 Å². The van der Waals surface area contributed by atoms with Crippen LogP contribution in [0.5, 0.6) is 0 Å². The van der Waals surface area contributed by atoms with E-state index in [4.69, 9.17) is 4.42 Å². The largest absolute Gasteiger partial charge is 0.421 e. The number of para-hydroxylation sites is 2. The maximum atomic E-state index is 13.1. The van der Waals surface area contributed by atoms with Crippen LogP contribution in [-0.4, -0.2) is 48.4 Å². The molecule has 1 aliphatic heterocycles. The molecule has 2 heterocycles. The van der Waals surface area contributed by atoms with Crippen LogP contribution in [0.1, 0.15) is 6.42 Å². The maximum absolute atomic E-state index is 13.1. The molecule has 0 spiro atoms. The lowest BCUT2D eigenvalue weighted by Crippen LogP contribution is -2.36. The van der Waals surface area contributed by atoms with E-state index >= 15 is 0 Å². The Balaban J connectivity index is 1.50. The summed E-state index contributed by atoms with van der Waals surface area (Å²) in [6.45, 7) is 2.13. The minimum atomic E-state index is -3.68. The molecule has 0 radical (unpaired) electrons. The molecule has 3 aromatic rings.